The number of nitrogens with zero attached hydrogens (tertiary/aromatic N) is 2. The first kappa shape index (κ1) is 12.7. The van der Waals surface area contributed by atoms with Crippen LogP contribution in [0.5, 0.6) is 0 Å². The van der Waals surface area contributed by atoms with Crippen LogP contribution in [-0.2, 0) is 5.75 Å². The van der Waals surface area contributed by atoms with Crippen molar-refractivity contribution < 1.29 is 4.42 Å². The molecule has 4 nitrogen and oxygen atoms in total. The monoisotopic (exact) mass is 283 g/mol. The predicted molar refractivity (Wildman–Crippen MR) is 80.1 cm³/mol. The fraction of sp³-hybridized carbons (Fsp3) is 0.0667. The zero-order valence-corrected chi connectivity index (χ0v) is 11.5. The zero-order chi connectivity index (χ0) is 13.8. The van der Waals surface area contributed by atoms with Crippen LogP contribution >= 0.6 is 11.8 Å². The summed E-state index contributed by atoms with van der Waals surface area (Å²) in [4.78, 5) is 9.46. The first-order valence-electron chi connectivity index (χ1n) is 6.15. The first-order valence-corrected chi connectivity index (χ1v) is 7.13. The molecule has 100 valence electrons. The number of rotatable bonds is 4. The van der Waals surface area contributed by atoms with Gasteiger partial charge in [0, 0.05) is 22.4 Å². The summed E-state index contributed by atoms with van der Waals surface area (Å²) in [6.07, 6.45) is 5.07. The van der Waals surface area contributed by atoms with Crippen LogP contribution in [0.25, 0.3) is 11.5 Å². The predicted octanol–water partition coefficient (Wildman–Crippen LogP) is 3.61. The Kier molecular flexibility index (Phi) is 3.69. The minimum atomic E-state index is 0.643. The van der Waals surface area contributed by atoms with Crippen LogP contribution < -0.4 is 5.73 Å². The van der Waals surface area contributed by atoms with E-state index in [4.69, 9.17) is 10.2 Å². The Morgan fingerprint density at radius 2 is 2.00 bits per heavy atom. The summed E-state index contributed by atoms with van der Waals surface area (Å²) in [5.41, 5.74) is 8.41. The van der Waals surface area contributed by atoms with Crippen molar-refractivity contribution in [2.45, 2.75) is 10.6 Å². The van der Waals surface area contributed by atoms with E-state index in [0.29, 0.717) is 17.3 Å². The maximum atomic E-state index is 5.85. The highest BCUT2D eigenvalue weighted by atomic mass is 32.2. The number of aromatic nitrogens is 2. The van der Waals surface area contributed by atoms with Gasteiger partial charge in [0.1, 0.15) is 6.26 Å². The molecular formula is C15H13N3OS. The molecule has 0 unspecified atom stereocenters. The standard InChI is InChI=1S/C15H13N3OS/c16-13-8-17-7-6-14(13)20-10-12-9-19-15(18-12)11-4-2-1-3-5-11/h1-9H,10,16H2. The van der Waals surface area contributed by atoms with Gasteiger partial charge < -0.3 is 10.2 Å². The number of pyridine rings is 1. The number of hydrogen-bond donors (Lipinski definition) is 1. The van der Waals surface area contributed by atoms with Crippen molar-refractivity contribution in [2.75, 3.05) is 5.73 Å². The number of nitrogens with two attached hydrogens (primary N) is 1. The molecule has 20 heavy (non-hydrogen) atoms. The largest absolute Gasteiger partial charge is 0.444 e. The molecule has 0 saturated heterocycles. The lowest BCUT2D eigenvalue weighted by Gasteiger charge is -2.01. The van der Waals surface area contributed by atoms with Crippen LogP contribution in [-0.4, -0.2) is 9.97 Å². The highest BCUT2D eigenvalue weighted by molar-refractivity contribution is 7.98. The van der Waals surface area contributed by atoms with Gasteiger partial charge in [-0.3, -0.25) is 4.98 Å². The number of anilines is 1. The summed E-state index contributed by atoms with van der Waals surface area (Å²) in [6.45, 7) is 0. The van der Waals surface area contributed by atoms with Crippen molar-refractivity contribution in [3.8, 4) is 11.5 Å². The van der Waals surface area contributed by atoms with Crippen molar-refractivity contribution in [1.82, 2.24) is 9.97 Å². The van der Waals surface area contributed by atoms with Gasteiger partial charge in [-0.1, -0.05) is 18.2 Å². The molecule has 0 saturated carbocycles. The summed E-state index contributed by atoms with van der Waals surface area (Å²) in [5, 5.41) is 0. The maximum Gasteiger partial charge on any atom is 0.226 e. The third-order valence-electron chi connectivity index (χ3n) is 2.76. The summed E-state index contributed by atoms with van der Waals surface area (Å²) < 4.78 is 5.50. The van der Waals surface area contributed by atoms with Crippen molar-refractivity contribution >= 4 is 17.4 Å². The van der Waals surface area contributed by atoms with Crippen LogP contribution in [0.4, 0.5) is 5.69 Å². The third-order valence-corrected chi connectivity index (χ3v) is 3.88. The van der Waals surface area contributed by atoms with Gasteiger partial charge in [0.15, 0.2) is 0 Å². The number of nitrogen functional groups attached to an aromatic ring is 1. The Bertz CT molecular complexity index is 697. The molecule has 0 fully saturated rings. The SMILES string of the molecule is Nc1cnccc1SCc1coc(-c2ccccc2)n1. The summed E-state index contributed by atoms with van der Waals surface area (Å²) in [5.74, 6) is 1.36. The molecule has 0 aliphatic heterocycles. The van der Waals surface area contributed by atoms with E-state index in [0.717, 1.165) is 16.2 Å². The van der Waals surface area contributed by atoms with E-state index < -0.39 is 0 Å². The van der Waals surface area contributed by atoms with E-state index in [1.807, 2.05) is 36.4 Å². The van der Waals surface area contributed by atoms with E-state index >= 15 is 0 Å². The van der Waals surface area contributed by atoms with Gasteiger partial charge in [-0.25, -0.2) is 4.98 Å². The average Bonchev–Trinajstić information content (AvgIpc) is 2.96. The Morgan fingerprint density at radius 1 is 1.15 bits per heavy atom. The topological polar surface area (TPSA) is 64.9 Å². The molecule has 0 amide bonds. The molecule has 3 aromatic rings. The van der Waals surface area contributed by atoms with E-state index in [9.17, 15) is 0 Å². The van der Waals surface area contributed by atoms with Crippen LogP contribution in [0.15, 0.2) is 64.4 Å². The van der Waals surface area contributed by atoms with Crippen molar-refractivity contribution in [2.24, 2.45) is 0 Å². The second kappa shape index (κ2) is 5.79. The maximum absolute atomic E-state index is 5.85. The molecule has 0 spiro atoms. The van der Waals surface area contributed by atoms with Crippen LogP contribution in [0.2, 0.25) is 0 Å². The van der Waals surface area contributed by atoms with Gasteiger partial charge in [0.25, 0.3) is 0 Å². The smallest absolute Gasteiger partial charge is 0.226 e. The highest BCUT2D eigenvalue weighted by Gasteiger charge is 2.07. The fourth-order valence-electron chi connectivity index (χ4n) is 1.76. The lowest BCUT2D eigenvalue weighted by Crippen LogP contribution is -1.90. The Labute approximate surface area is 121 Å². The lowest BCUT2D eigenvalue weighted by atomic mass is 10.2. The van der Waals surface area contributed by atoms with Crippen molar-refractivity contribution in [3.63, 3.8) is 0 Å². The van der Waals surface area contributed by atoms with E-state index in [1.54, 1.807) is 30.4 Å². The molecule has 0 atom stereocenters. The molecule has 0 radical (unpaired) electrons. The normalized spacial score (nSPS) is 10.6. The molecule has 0 aliphatic rings. The molecule has 2 aromatic heterocycles. The third kappa shape index (κ3) is 2.83. The van der Waals surface area contributed by atoms with Crippen LogP contribution in [0.3, 0.4) is 0 Å². The van der Waals surface area contributed by atoms with E-state index in [-0.39, 0.29) is 0 Å². The Hall–Kier alpha value is -2.27. The Balaban J connectivity index is 1.71. The van der Waals surface area contributed by atoms with Gasteiger partial charge in [0.05, 0.1) is 17.6 Å². The number of thioether (sulfide) groups is 1. The molecule has 2 N–H and O–H groups in total. The van der Waals surface area contributed by atoms with Gasteiger partial charge in [-0.2, -0.15) is 0 Å². The summed E-state index contributed by atoms with van der Waals surface area (Å²) in [6, 6.07) is 11.7. The molecule has 0 bridgehead atoms. The van der Waals surface area contributed by atoms with E-state index in [1.165, 1.54) is 0 Å². The first-order chi connectivity index (χ1) is 9.83. The van der Waals surface area contributed by atoms with Gasteiger partial charge >= 0.3 is 0 Å². The number of benzene rings is 1. The molecule has 0 aliphatic carbocycles. The minimum Gasteiger partial charge on any atom is -0.444 e. The van der Waals surface area contributed by atoms with E-state index in [2.05, 4.69) is 9.97 Å². The molecule has 3 rings (SSSR count). The fourth-order valence-corrected chi connectivity index (χ4v) is 2.58. The number of oxazole rings is 1. The molecule has 1 aromatic carbocycles. The van der Waals surface area contributed by atoms with Gasteiger partial charge in [-0.15, -0.1) is 11.8 Å². The van der Waals surface area contributed by atoms with Crippen LogP contribution in [0, 0.1) is 0 Å². The Morgan fingerprint density at radius 3 is 2.80 bits per heavy atom. The molecular weight excluding hydrogens is 270 g/mol. The minimum absolute atomic E-state index is 0.643. The summed E-state index contributed by atoms with van der Waals surface area (Å²) >= 11 is 1.62. The molecule has 2 heterocycles. The highest BCUT2D eigenvalue weighted by Crippen LogP contribution is 2.28. The second-order valence-corrected chi connectivity index (χ2v) is 5.23. The van der Waals surface area contributed by atoms with Crippen molar-refractivity contribution in [1.29, 1.82) is 0 Å². The number of hydrogen-bond acceptors (Lipinski definition) is 5. The average molecular weight is 283 g/mol. The van der Waals surface area contributed by atoms with Crippen LogP contribution in [0.1, 0.15) is 5.69 Å². The zero-order valence-electron chi connectivity index (χ0n) is 10.7. The van der Waals surface area contributed by atoms with Gasteiger partial charge in [0.2, 0.25) is 5.89 Å². The quantitative estimate of drug-likeness (QED) is 0.741. The molecule has 5 heteroatoms. The summed E-state index contributed by atoms with van der Waals surface area (Å²) in [7, 11) is 0. The second-order valence-electron chi connectivity index (χ2n) is 4.21. The van der Waals surface area contributed by atoms with Crippen molar-refractivity contribution in [3.05, 3.63) is 60.7 Å². The van der Waals surface area contributed by atoms with Gasteiger partial charge in [-0.05, 0) is 18.2 Å². The lowest BCUT2D eigenvalue weighted by molar-refractivity contribution is 0.573.